The second kappa shape index (κ2) is 7.01. The molecule has 104 valence electrons. The lowest BCUT2D eigenvalue weighted by Crippen LogP contribution is -2.01. The average Bonchev–Trinajstić information content (AvgIpc) is 2.48. The minimum absolute atomic E-state index is 0.213. The first kappa shape index (κ1) is 14.5. The van der Waals surface area contributed by atoms with E-state index in [9.17, 15) is 4.79 Å². The Kier molecular flexibility index (Phi) is 5.07. The lowest BCUT2D eigenvalue weighted by Gasteiger charge is -2.07. The topological polar surface area (TPSA) is 46.5 Å². The molecular weight excluding hydrogens is 272 g/mol. The van der Waals surface area contributed by atoms with Gasteiger partial charge in [-0.25, -0.2) is 4.79 Å². The molecule has 0 aliphatic carbocycles. The molecule has 2 aromatic carbocycles. The Balaban J connectivity index is 1.99. The zero-order valence-electron chi connectivity index (χ0n) is 11.2. The van der Waals surface area contributed by atoms with Crippen molar-refractivity contribution in [1.82, 2.24) is 0 Å². The fourth-order valence-electron chi connectivity index (χ4n) is 1.87. The second-order valence-electron chi connectivity index (χ2n) is 4.32. The number of hydrogen-bond donors (Lipinski definition) is 1. The zero-order valence-corrected chi connectivity index (χ0v) is 12.0. The number of ether oxygens (including phenoxy) is 1. The monoisotopic (exact) mass is 288 g/mol. The standard InChI is InChI=1S/C16H16O3S/c1-19-15-8-7-13(9-14(15)16(17)18)11-20-10-12-5-3-2-4-6-12/h2-9H,10-11H2,1H3,(H,17,18). The van der Waals surface area contributed by atoms with E-state index in [-0.39, 0.29) is 5.56 Å². The van der Waals surface area contributed by atoms with E-state index in [1.54, 1.807) is 23.9 Å². The SMILES string of the molecule is COc1ccc(CSCc2ccccc2)cc1C(=O)O. The number of hydrogen-bond acceptors (Lipinski definition) is 3. The van der Waals surface area contributed by atoms with Gasteiger partial charge in [0.15, 0.2) is 0 Å². The number of thioether (sulfide) groups is 1. The third-order valence-corrected chi connectivity index (χ3v) is 3.95. The lowest BCUT2D eigenvalue weighted by atomic mass is 10.1. The number of rotatable bonds is 6. The molecular formula is C16H16O3S. The summed E-state index contributed by atoms with van der Waals surface area (Å²) in [6.07, 6.45) is 0. The van der Waals surface area contributed by atoms with Crippen molar-refractivity contribution in [2.24, 2.45) is 0 Å². The highest BCUT2D eigenvalue weighted by Crippen LogP contribution is 2.24. The Bertz CT molecular complexity index is 582. The van der Waals surface area contributed by atoms with E-state index in [1.165, 1.54) is 12.7 Å². The van der Waals surface area contributed by atoms with E-state index < -0.39 is 5.97 Å². The molecule has 0 atom stereocenters. The first-order valence-corrected chi connectivity index (χ1v) is 7.38. The van der Waals surface area contributed by atoms with Gasteiger partial charge in [0.25, 0.3) is 0 Å². The number of methoxy groups -OCH3 is 1. The molecule has 20 heavy (non-hydrogen) atoms. The summed E-state index contributed by atoms with van der Waals surface area (Å²) in [6.45, 7) is 0. The Morgan fingerprint density at radius 2 is 1.80 bits per heavy atom. The summed E-state index contributed by atoms with van der Waals surface area (Å²) in [5.41, 5.74) is 2.47. The summed E-state index contributed by atoms with van der Waals surface area (Å²) >= 11 is 1.76. The van der Waals surface area contributed by atoms with Gasteiger partial charge in [-0.3, -0.25) is 0 Å². The van der Waals surface area contributed by atoms with Crippen molar-refractivity contribution >= 4 is 17.7 Å². The van der Waals surface area contributed by atoms with Crippen LogP contribution in [0.4, 0.5) is 0 Å². The third-order valence-electron chi connectivity index (χ3n) is 2.87. The van der Waals surface area contributed by atoms with E-state index in [0.717, 1.165) is 17.1 Å². The molecule has 0 fully saturated rings. The fourth-order valence-corrected chi connectivity index (χ4v) is 2.82. The van der Waals surface area contributed by atoms with Gasteiger partial charge in [0.1, 0.15) is 11.3 Å². The van der Waals surface area contributed by atoms with Crippen molar-refractivity contribution in [3.63, 3.8) is 0 Å². The minimum Gasteiger partial charge on any atom is -0.496 e. The van der Waals surface area contributed by atoms with Crippen LogP contribution in [-0.2, 0) is 11.5 Å². The molecule has 0 heterocycles. The van der Waals surface area contributed by atoms with Gasteiger partial charge in [0.05, 0.1) is 7.11 Å². The second-order valence-corrected chi connectivity index (χ2v) is 5.30. The highest BCUT2D eigenvalue weighted by molar-refractivity contribution is 7.97. The number of aromatic carboxylic acids is 1. The maximum Gasteiger partial charge on any atom is 0.339 e. The maximum absolute atomic E-state index is 11.1. The average molecular weight is 288 g/mol. The number of carbonyl (C=O) groups is 1. The van der Waals surface area contributed by atoms with Crippen LogP contribution < -0.4 is 4.74 Å². The summed E-state index contributed by atoms with van der Waals surface area (Å²) in [5, 5.41) is 9.14. The van der Waals surface area contributed by atoms with E-state index >= 15 is 0 Å². The molecule has 0 spiro atoms. The number of carboxylic acid groups (broad SMARTS) is 1. The molecule has 0 aliphatic rings. The van der Waals surface area contributed by atoms with E-state index in [0.29, 0.717) is 5.75 Å². The molecule has 2 rings (SSSR count). The Labute approximate surface area is 122 Å². The third kappa shape index (κ3) is 3.78. The van der Waals surface area contributed by atoms with Crippen molar-refractivity contribution in [1.29, 1.82) is 0 Å². The summed E-state index contributed by atoms with van der Waals surface area (Å²) in [5.74, 6) is 1.13. The highest BCUT2D eigenvalue weighted by Gasteiger charge is 2.11. The number of carboxylic acids is 1. The van der Waals surface area contributed by atoms with Gasteiger partial charge >= 0.3 is 5.97 Å². The summed E-state index contributed by atoms with van der Waals surface area (Å²) in [7, 11) is 1.48. The fraction of sp³-hybridized carbons (Fsp3) is 0.188. The van der Waals surface area contributed by atoms with Gasteiger partial charge in [-0.05, 0) is 23.3 Å². The number of benzene rings is 2. The first-order chi connectivity index (χ1) is 9.70. The molecule has 0 amide bonds. The van der Waals surface area contributed by atoms with Crippen LogP contribution in [0.15, 0.2) is 48.5 Å². The Morgan fingerprint density at radius 1 is 1.10 bits per heavy atom. The molecule has 0 aromatic heterocycles. The van der Waals surface area contributed by atoms with E-state index in [1.807, 2.05) is 24.3 Å². The van der Waals surface area contributed by atoms with Crippen LogP contribution in [0.1, 0.15) is 21.5 Å². The van der Waals surface area contributed by atoms with Crippen molar-refractivity contribution in [3.8, 4) is 5.75 Å². The summed E-state index contributed by atoms with van der Waals surface area (Å²) < 4.78 is 5.05. The quantitative estimate of drug-likeness (QED) is 0.877. The van der Waals surface area contributed by atoms with Crippen LogP contribution in [0.3, 0.4) is 0 Å². The van der Waals surface area contributed by atoms with Crippen LogP contribution in [0.2, 0.25) is 0 Å². The van der Waals surface area contributed by atoms with Gasteiger partial charge in [-0.1, -0.05) is 36.4 Å². The molecule has 0 saturated heterocycles. The van der Waals surface area contributed by atoms with Crippen LogP contribution in [-0.4, -0.2) is 18.2 Å². The molecule has 0 unspecified atom stereocenters. The summed E-state index contributed by atoms with van der Waals surface area (Å²) in [6, 6.07) is 15.5. The van der Waals surface area contributed by atoms with Gasteiger partial charge < -0.3 is 9.84 Å². The normalized spacial score (nSPS) is 10.2. The van der Waals surface area contributed by atoms with Crippen molar-refractivity contribution in [2.45, 2.75) is 11.5 Å². The Morgan fingerprint density at radius 3 is 2.45 bits per heavy atom. The Hall–Kier alpha value is -1.94. The van der Waals surface area contributed by atoms with Gasteiger partial charge in [-0.15, -0.1) is 0 Å². The van der Waals surface area contributed by atoms with Crippen LogP contribution >= 0.6 is 11.8 Å². The molecule has 3 nitrogen and oxygen atoms in total. The van der Waals surface area contributed by atoms with Gasteiger partial charge in [0.2, 0.25) is 0 Å². The first-order valence-electron chi connectivity index (χ1n) is 6.22. The summed E-state index contributed by atoms with van der Waals surface area (Å²) in [4.78, 5) is 11.1. The van der Waals surface area contributed by atoms with Gasteiger partial charge in [-0.2, -0.15) is 11.8 Å². The van der Waals surface area contributed by atoms with E-state index in [4.69, 9.17) is 9.84 Å². The van der Waals surface area contributed by atoms with Crippen molar-refractivity contribution in [2.75, 3.05) is 7.11 Å². The lowest BCUT2D eigenvalue weighted by molar-refractivity contribution is 0.0693. The predicted molar refractivity (Wildman–Crippen MR) is 81.4 cm³/mol. The predicted octanol–water partition coefficient (Wildman–Crippen LogP) is 3.83. The van der Waals surface area contributed by atoms with E-state index in [2.05, 4.69) is 12.1 Å². The minimum atomic E-state index is -0.961. The van der Waals surface area contributed by atoms with Gasteiger partial charge in [0, 0.05) is 11.5 Å². The molecule has 1 N–H and O–H groups in total. The van der Waals surface area contributed by atoms with Crippen molar-refractivity contribution in [3.05, 3.63) is 65.2 Å². The molecule has 0 bridgehead atoms. The van der Waals surface area contributed by atoms with Crippen LogP contribution in [0.25, 0.3) is 0 Å². The zero-order chi connectivity index (χ0) is 14.4. The molecule has 4 heteroatoms. The van der Waals surface area contributed by atoms with Crippen molar-refractivity contribution < 1.29 is 14.6 Å². The smallest absolute Gasteiger partial charge is 0.339 e. The molecule has 0 saturated carbocycles. The van der Waals surface area contributed by atoms with Crippen LogP contribution in [0.5, 0.6) is 5.75 Å². The molecule has 0 aliphatic heterocycles. The largest absolute Gasteiger partial charge is 0.496 e. The molecule has 2 aromatic rings. The van der Waals surface area contributed by atoms with Crippen LogP contribution in [0, 0.1) is 0 Å². The maximum atomic E-state index is 11.1. The molecule has 0 radical (unpaired) electrons. The highest BCUT2D eigenvalue weighted by atomic mass is 32.2.